The van der Waals surface area contributed by atoms with Gasteiger partial charge in [0, 0.05) is 11.1 Å². The Kier molecular flexibility index (Phi) is 6.20. The molecule has 1 atom stereocenters. The fourth-order valence-corrected chi connectivity index (χ4v) is 3.42. The number of benzene rings is 3. The van der Waals surface area contributed by atoms with Gasteiger partial charge in [-0.25, -0.2) is 13.5 Å². The van der Waals surface area contributed by atoms with Gasteiger partial charge in [0.15, 0.2) is 0 Å². The first-order valence-electron chi connectivity index (χ1n) is 9.77. The normalized spacial score (nSPS) is 12.1. The number of quaternary nitrogens is 1. The van der Waals surface area contributed by atoms with Crippen LogP contribution in [0.4, 0.5) is 8.78 Å². The predicted molar refractivity (Wildman–Crippen MR) is 108 cm³/mol. The Morgan fingerprint density at radius 1 is 0.667 bits per heavy atom. The van der Waals surface area contributed by atoms with Gasteiger partial charge in [0.05, 0.1) is 6.54 Å². The third-order valence-corrected chi connectivity index (χ3v) is 4.92. The molecule has 0 radical (unpaired) electrons. The Labute approximate surface area is 173 Å². The van der Waals surface area contributed by atoms with Crippen molar-refractivity contribution in [3.63, 3.8) is 0 Å². The molecule has 0 bridgehead atoms. The summed E-state index contributed by atoms with van der Waals surface area (Å²) >= 11 is 0. The molecule has 152 valence electrons. The summed E-state index contributed by atoms with van der Waals surface area (Å²) in [4.78, 5) is 1.22. The van der Waals surface area contributed by atoms with Gasteiger partial charge >= 0.3 is 0 Å². The minimum absolute atomic E-state index is 0.244. The monoisotopic (exact) mass is 406 g/mol. The second-order valence-corrected chi connectivity index (χ2v) is 7.27. The highest BCUT2D eigenvalue weighted by Gasteiger charge is 2.17. The van der Waals surface area contributed by atoms with Gasteiger partial charge in [-0.05, 0) is 40.3 Å². The molecule has 1 heterocycles. The Hall–Kier alpha value is -3.45. The van der Waals surface area contributed by atoms with E-state index in [1.807, 2.05) is 30.3 Å². The van der Waals surface area contributed by atoms with E-state index >= 15 is 0 Å². The summed E-state index contributed by atoms with van der Waals surface area (Å²) in [5.41, 5.74) is 3.17. The lowest BCUT2D eigenvalue weighted by Crippen LogP contribution is -3.08. The molecule has 0 aliphatic rings. The zero-order valence-corrected chi connectivity index (χ0v) is 16.4. The van der Waals surface area contributed by atoms with Crippen molar-refractivity contribution < 1.29 is 13.7 Å². The van der Waals surface area contributed by atoms with E-state index in [1.165, 1.54) is 34.7 Å². The highest BCUT2D eigenvalue weighted by molar-refractivity contribution is 5.17. The van der Waals surface area contributed by atoms with E-state index in [9.17, 15) is 8.78 Å². The smallest absolute Gasteiger partial charge is 0.206 e. The Morgan fingerprint density at radius 2 is 1.23 bits per heavy atom. The average molecular weight is 406 g/mol. The van der Waals surface area contributed by atoms with Crippen LogP contribution in [-0.2, 0) is 26.2 Å². The van der Waals surface area contributed by atoms with E-state index < -0.39 is 0 Å². The number of hydrogen-bond acceptors (Lipinski definition) is 3. The number of nitrogens with one attached hydrogen (secondary N) is 1. The van der Waals surface area contributed by atoms with E-state index in [2.05, 4.69) is 27.7 Å². The van der Waals surface area contributed by atoms with Crippen LogP contribution in [0.5, 0.6) is 0 Å². The molecule has 30 heavy (non-hydrogen) atoms. The van der Waals surface area contributed by atoms with Gasteiger partial charge in [-0.15, -0.1) is 5.10 Å². The van der Waals surface area contributed by atoms with E-state index in [4.69, 9.17) is 0 Å². The second kappa shape index (κ2) is 9.37. The van der Waals surface area contributed by atoms with Crippen LogP contribution >= 0.6 is 0 Å². The summed E-state index contributed by atoms with van der Waals surface area (Å²) in [6.07, 6.45) is 0. The Morgan fingerprint density at radius 3 is 1.87 bits per heavy atom. The summed E-state index contributed by atoms with van der Waals surface area (Å²) in [7, 11) is 0. The maximum absolute atomic E-state index is 13.3. The molecular weight excluding hydrogens is 384 g/mol. The van der Waals surface area contributed by atoms with E-state index in [0.717, 1.165) is 23.5 Å². The molecule has 1 unspecified atom stereocenters. The quantitative estimate of drug-likeness (QED) is 0.490. The van der Waals surface area contributed by atoms with Crippen LogP contribution in [0.15, 0.2) is 78.9 Å². The van der Waals surface area contributed by atoms with Crippen molar-refractivity contribution in [1.29, 1.82) is 0 Å². The van der Waals surface area contributed by atoms with Crippen LogP contribution in [-0.4, -0.2) is 20.2 Å². The Bertz CT molecular complexity index is 1060. The molecule has 0 aliphatic heterocycles. The molecule has 5 nitrogen and oxygen atoms in total. The molecule has 3 aromatic carbocycles. The maximum Gasteiger partial charge on any atom is 0.206 e. The van der Waals surface area contributed by atoms with Crippen LogP contribution in [0, 0.1) is 11.6 Å². The minimum atomic E-state index is -0.270. The largest absolute Gasteiger partial charge is 0.321 e. The van der Waals surface area contributed by atoms with Crippen molar-refractivity contribution in [3.05, 3.63) is 113 Å². The highest BCUT2D eigenvalue weighted by Crippen LogP contribution is 2.06. The number of aromatic nitrogens is 4. The van der Waals surface area contributed by atoms with Crippen LogP contribution in [0.1, 0.15) is 22.5 Å². The van der Waals surface area contributed by atoms with E-state index in [1.54, 1.807) is 16.8 Å². The van der Waals surface area contributed by atoms with Crippen molar-refractivity contribution in [2.24, 2.45) is 0 Å². The molecule has 0 saturated carbocycles. The number of hydrogen-bond donors (Lipinski definition) is 1. The lowest BCUT2D eigenvalue weighted by Gasteiger charge is -2.19. The molecule has 0 saturated heterocycles. The van der Waals surface area contributed by atoms with Gasteiger partial charge in [0.1, 0.15) is 31.3 Å². The number of halogens is 2. The van der Waals surface area contributed by atoms with Gasteiger partial charge in [-0.3, -0.25) is 0 Å². The maximum atomic E-state index is 13.3. The van der Waals surface area contributed by atoms with Crippen molar-refractivity contribution in [2.45, 2.75) is 26.2 Å². The lowest BCUT2D eigenvalue weighted by molar-refractivity contribution is -0.941. The summed E-state index contributed by atoms with van der Waals surface area (Å²) in [5, 5.41) is 12.2. The predicted octanol–water partition coefficient (Wildman–Crippen LogP) is 2.78. The first-order chi connectivity index (χ1) is 14.7. The summed E-state index contributed by atoms with van der Waals surface area (Å²) in [5.74, 6) is 0.229. The molecule has 0 aliphatic carbocycles. The molecule has 1 aromatic heterocycles. The third-order valence-electron chi connectivity index (χ3n) is 4.92. The fraction of sp³-hybridized carbons (Fsp3) is 0.174. The van der Waals surface area contributed by atoms with Crippen molar-refractivity contribution in [2.75, 3.05) is 0 Å². The first kappa shape index (κ1) is 19.8. The van der Waals surface area contributed by atoms with Gasteiger partial charge < -0.3 is 4.90 Å². The van der Waals surface area contributed by atoms with Gasteiger partial charge in [-0.2, -0.15) is 0 Å². The fourth-order valence-electron chi connectivity index (χ4n) is 3.42. The second-order valence-electron chi connectivity index (χ2n) is 7.27. The number of rotatable bonds is 8. The lowest BCUT2D eigenvalue weighted by atomic mass is 10.1. The van der Waals surface area contributed by atoms with Crippen LogP contribution < -0.4 is 4.90 Å². The number of tetrazole rings is 1. The minimum Gasteiger partial charge on any atom is -0.321 e. The van der Waals surface area contributed by atoms with Crippen molar-refractivity contribution in [3.8, 4) is 0 Å². The van der Waals surface area contributed by atoms with Gasteiger partial charge in [0.25, 0.3) is 0 Å². The van der Waals surface area contributed by atoms with Gasteiger partial charge in [0.2, 0.25) is 5.82 Å². The first-order valence-corrected chi connectivity index (χ1v) is 9.77. The Balaban J connectivity index is 1.53. The molecule has 4 aromatic rings. The number of nitrogens with zero attached hydrogens (tertiary/aromatic N) is 4. The summed E-state index contributed by atoms with van der Waals surface area (Å²) in [6.45, 7) is 2.55. The topological polar surface area (TPSA) is 48.0 Å². The zero-order valence-electron chi connectivity index (χ0n) is 16.4. The summed E-state index contributed by atoms with van der Waals surface area (Å²) < 4.78 is 28.2. The molecule has 0 fully saturated rings. The zero-order chi connectivity index (χ0) is 20.8. The molecule has 7 heteroatoms. The molecule has 0 amide bonds. The molecule has 4 rings (SSSR count). The third kappa shape index (κ3) is 5.33. The van der Waals surface area contributed by atoms with Gasteiger partial charge in [-0.1, -0.05) is 54.6 Å². The SMILES string of the molecule is Fc1ccc(Cn2nnnc2C[NH+](Cc2ccccc2)Cc2ccc(F)cc2)cc1. The van der Waals surface area contributed by atoms with Crippen LogP contribution in [0.3, 0.4) is 0 Å². The van der Waals surface area contributed by atoms with Crippen molar-refractivity contribution in [1.82, 2.24) is 20.2 Å². The van der Waals surface area contributed by atoms with Crippen LogP contribution in [0.25, 0.3) is 0 Å². The van der Waals surface area contributed by atoms with E-state index in [-0.39, 0.29) is 11.6 Å². The van der Waals surface area contributed by atoms with Crippen LogP contribution in [0.2, 0.25) is 0 Å². The van der Waals surface area contributed by atoms with E-state index in [0.29, 0.717) is 19.6 Å². The highest BCUT2D eigenvalue weighted by atomic mass is 19.1. The molecule has 1 N–H and O–H groups in total. The standard InChI is InChI=1S/C23H21F2N5/c24-21-10-6-19(7-11-21)15-29(14-18-4-2-1-3-5-18)17-23-26-27-28-30(23)16-20-8-12-22(25)13-9-20/h1-13H,14-17H2/p+1. The molecule has 0 spiro atoms. The molecular formula is C23H22F2N5+. The van der Waals surface area contributed by atoms with Crippen molar-refractivity contribution >= 4 is 0 Å². The average Bonchev–Trinajstić information content (AvgIpc) is 3.18. The summed E-state index contributed by atoms with van der Waals surface area (Å²) in [6, 6.07) is 23.1.